The van der Waals surface area contributed by atoms with Crippen molar-refractivity contribution in [3.8, 4) is 0 Å². The van der Waals surface area contributed by atoms with E-state index in [1.165, 1.54) is 11.9 Å². The Balaban J connectivity index is 1.89. The second kappa shape index (κ2) is 8.09. The van der Waals surface area contributed by atoms with Crippen molar-refractivity contribution in [2.45, 2.75) is 18.0 Å². The number of hydrogen-bond donors (Lipinski definition) is 3. The van der Waals surface area contributed by atoms with Crippen LogP contribution in [0.15, 0.2) is 51.7 Å². The van der Waals surface area contributed by atoms with Gasteiger partial charge in [-0.15, -0.1) is 11.3 Å². The third-order valence-corrected chi connectivity index (χ3v) is 5.50. The fourth-order valence-electron chi connectivity index (χ4n) is 1.89. The molecule has 23 heavy (non-hydrogen) atoms. The minimum absolute atomic E-state index is 0.254. The van der Waals surface area contributed by atoms with Crippen molar-refractivity contribution in [2.75, 3.05) is 14.1 Å². The summed E-state index contributed by atoms with van der Waals surface area (Å²) in [5.74, 6) is 0.699. The van der Waals surface area contributed by atoms with Crippen LogP contribution in [0.1, 0.15) is 10.4 Å². The summed E-state index contributed by atoms with van der Waals surface area (Å²) in [5, 5.41) is 8.46. The number of nitrogens with one attached hydrogen (secondary N) is 3. The van der Waals surface area contributed by atoms with Crippen LogP contribution in [0.3, 0.4) is 0 Å². The van der Waals surface area contributed by atoms with Gasteiger partial charge in [0.2, 0.25) is 10.0 Å². The van der Waals surface area contributed by atoms with Gasteiger partial charge in [0, 0.05) is 18.5 Å². The number of sulfonamides is 1. The van der Waals surface area contributed by atoms with Gasteiger partial charge in [-0.05, 0) is 36.2 Å². The van der Waals surface area contributed by atoms with Crippen LogP contribution in [0.2, 0.25) is 0 Å². The molecule has 0 atom stereocenters. The Morgan fingerprint density at radius 2 is 1.83 bits per heavy atom. The lowest BCUT2D eigenvalue weighted by molar-refractivity contribution is 0.588. The molecule has 2 rings (SSSR count). The van der Waals surface area contributed by atoms with Crippen molar-refractivity contribution in [1.82, 2.24) is 15.4 Å². The maximum atomic E-state index is 11.7. The second-order valence-electron chi connectivity index (χ2n) is 4.71. The van der Waals surface area contributed by atoms with E-state index >= 15 is 0 Å². The molecule has 0 saturated heterocycles. The molecule has 3 N–H and O–H groups in total. The fourth-order valence-corrected chi connectivity index (χ4v) is 3.27. The number of benzene rings is 1. The van der Waals surface area contributed by atoms with Gasteiger partial charge < -0.3 is 10.6 Å². The molecule has 0 amide bonds. The molecule has 6 nitrogen and oxygen atoms in total. The third-order valence-electron chi connectivity index (χ3n) is 3.20. The van der Waals surface area contributed by atoms with E-state index < -0.39 is 10.0 Å². The highest BCUT2D eigenvalue weighted by atomic mass is 32.2. The first-order chi connectivity index (χ1) is 11.0. The maximum Gasteiger partial charge on any atom is 0.240 e. The van der Waals surface area contributed by atoms with E-state index in [0.29, 0.717) is 12.5 Å². The van der Waals surface area contributed by atoms with Crippen molar-refractivity contribution in [2.24, 2.45) is 4.99 Å². The Kier molecular flexibility index (Phi) is 6.14. The molecule has 0 radical (unpaired) electrons. The number of nitrogens with zero attached hydrogens (tertiary/aromatic N) is 1. The second-order valence-corrected chi connectivity index (χ2v) is 7.63. The molecule has 0 aliphatic heterocycles. The van der Waals surface area contributed by atoms with Crippen LogP contribution in [0.4, 0.5) is 0 Å². The van der Waals surface area contributed by atoms with E-state index in [2.05, 4.69) is 26.4 Å². The highest BCUT2D eigenvalue weighted by Gasteiger charge is 2.10. The van der Waals surface area contributed by atoms with Gasteiger partial charge in [0.05, 0.1) is 11.4 Å². The zero-order valence-corrected chi connectivity index (χ0v) is 14.7. The summed E-state index contributed by atoms with van der Waals surface area (Å²) in [6.07, 6.45) is 0. The molecule has 124 valence electrons. The van der Waals surface area contributed by atoms with Gasteiger partial charge in [-0.3, -0.25) is 4.99 Å². The summed E-state index contributed by atoms with van der Waals surface area (Å²) in [6, 6.07) is 10.8. The minimum atomic E-state index is -3.39. The molecule has 2 aromatic rings. The van der Waals surface area contributed by atoms with Crippen molar-refractivity contribution in [3.05, 3.63) is 52.2 Å². The lowest BCUT2D eigenvalue weighted by Gasteiger charge is -2.11. The first-order valence-electron chi connectivity index (χ1n) is 7.04. The molecule has 0 aliphatic carbocycles. The summed E-state index contributed by atoms with van der Waals surface area (Å²) in [6.45, 7) is 1.28. The predicted molar refractivity (Wildman–Crippen MR) is 94.0 cm³/mol. The highest BCUT2D eigenvalue weighted by molar-refractivity contribution is 7.89. The average molecular weight is 352 g/mol. The smallest absolute Gasteiger partial charge is 0.240 e. The summed E-state index contributed by atoms with van der Waals surface area (Å²) in [7, 11) is -0.278. The number of hydrogen-bond acceptors (Lipinski definition) is 4. The zero-order chi connectivity index (χ0) is 16.7. The largest absolute Gasteiger partial charge is 0.352 e. The number of guanidine groups is 1. The molecule has 0 aliphatic rings. The maximum absolute atomic E-state index is 11.7. The van der Waals surface area contributed by atoms with E-state index in [9.17, 15) is 8.42 Å². The van der Waals surface area contributed by atoms with Crippen LogP contribution in [-0.4, -0.2) is 28.5 Å². The molecule has 0 unspecified atom stereocenters. The van der Waals surface area contributed by atoms with Gasteiger partial charge in [-0.1, -0.05) is 18.2 Å². The Bertz CT molecular complexity index is 738. The van der Waals surface area contributed by atoms with Crippen LogP contribution < -0.4 is 15.4 Å². The molecular weight excluding hydrogens is 332 g/mol. The molecule has 8 heteroatoms. The van der Waals surface area contributed by atoms with Crippen molar-refractivity contribution < 1.29 is 8.42 Å². The molecule has 1 heterocycles. The predicted octanol–water partition coefficient (Wildman–Crippen LogP) is 1.52. The Morgan fingerprint density at radius 1 is 1.13 bits per heavy atom. The van der Waals surface area contributed by atoms with Gasteiger partial charge in [-0.2, -0.15) is 0 Å². The molecule has 0 fully saturated rings. The lowest BCUT2D eigenvalue weighted by atomic mass is 10.2. The van der Waals surface area contributed by atoms with Crippen LogP contribution in [0.5, 0.6) is 0 Å². The average Bonchev–Trinajstić information content (AvgIpc) is 3.09. The molecule has 0 saturated carbocycles. The van der Waals surface area contributed by atoms with E-state index in [0.717, 1.165) is 12.1 Å². The van der Waals surface area contributed by atoms with Gasteiger partial charge in [0.15, 0.2) is 5.96 Å². The molecular formula is C15H20N4O2S2. The third kappa shape index (κ3) is 5.05. The first kappa shape index (κ1) is 17.5. The Morgan fingerprint density at radius 3 is 2.39 bits per heavy atom. The number of thiophene rings is 1. The van der Waals surface area contributed by atoms with Crippen LogP contribution in [0.25, 0.3) is 0 Å². The van der Waals surface area contributed by atoms with Gasteiger partial charge in [-0.25, -0.2) is 13.1 Å². The van der Waals surface area contributed by atoms with Crippen molar-refractivity contribution in [1.29, 1.82) is 0 Å². The van der Waals surface area contributed by atoms with Crippen molar-refractivity contribution in [3.63, 3.8) is 0 Å². The fraction of sp³-hybridized carbons (Fsp3) is 0.267. The standard InChI is InChI=1S/C15H20N4O2S2/c1-16-15(19-11-13-4-3-9-22-13)18-10-12-5-7-14(8-6-12)23(20,21)17-2/h3-9,17H,10-11H2,1-2H3,(H2,16,18,19). The normalized spacial score (nSPS) is 12.2. The summed E-state index contributed by atoms with van der Waals surface area (Å²) in [5.41, 5.74) is 0.971. The SMILES string of the molecule is CN=C(NCc1ccc(S(=O)(=O)NC)cc1)NCc1cccs1. The first-order valence-corrected chi connectivity index (χ1v) is 9.41. The van der Waals surface area contributed by atoms with E-state index in [1.54, 1.807) is 42.6 Å². The Hall–Kier alpha value is -1.90. The summed E-state index contributed by atoms with van der Waals surface area (Å²) >= 11 is 1.69. The minimum Gasteiger partial charge on any atom is -0.352 e. The quantitative estimate of drug-likeness (QED) is 0.544. The van der Waals surface area contributed by atoms with Crippen LogP contribution in [-0.2, 0) is 23.1 Å². The molecule has 0 bridgehead atoms. The van der Waals surface area contributed by atoms with E-state index in [4.69, 9.17) is 0 Å². The topological polar surface area (TPSA) is 82.6 Å². The molecule has 1 aromatic heterocycles. The summed E-state index contributed by atoms with van der Waals surface area (Å²) in [4.78, 5) is 5.65. The molecule has 0 spiro atoms. The highest BCUT2D eigenvalue weighted by Crippen LogP contribution is 2.10. The monoisotopic (exact) mass is 352 g/mol. The molecule has 1 aromatic carbocycles. The van der Waals surface area contributed by atoms with Crippen LogP contribution in [0, 0.1) is 0 Å². The number of aliphatic imine (C=N–C) groups is 1. The zero-order valence-electron chi connectivity index (χ0n) is 13.0. The Labute approximate surface area is 140 Å². The lowest BCUT2D eigenvalue weighted by Crippen LogP contribution is -2.36. The van der Waals surface area contributed by atoms with Gasteiger partial charge in [0.1, 0.15) is 0 Å². The summed E-state index contributed by atoms with van der Waals surface area (Å²) < 4.78 is 25.6. The van der Waals surface area contributed by atoms with Gasteiger partial charge >= 0.3 is 0 Å². The van der Waals surface area contributed by atoms with Crippen molar-refractivity contribution >= 4 is 27.3 Å². The van der Waals surface area contributed by atoms with E-state index in [-0.39, 0.29) is 4.90 Å². The van der Waals surface area contributed by atoms with E-state index in [1.807, 2.05) is 11.4 Å². The van der Waals surface area contributed by atoms with Crippen LogP contribution >= 0.6 is 11.3 Å². The van der Waals surface area contributed by atoms with Gasteiger partial charge in [0.25, 0.3) is 0 Å². The number of rotatable bonds is 6.